The number of rotatable bonds is 2. The highest BCUT2D eigenvalue weighted by atomic mass is 16.6. The average Bonchev–Trinajstić information content (AvgIpc) is 2.27. The predicted octanol–water partition coefficient (Wildman–Crippen LogP) is 1.65. The molecule has 1 aromatic rings. The molecule has 6 heteroatoms. The van der Waals surface area contributed by atoms with E-state index in [1.54, 1.807) is 19.9 Å². The maximum atomic E-state index is 10.7. The van der Waals surface area contributed by atoms with Crippen LogP contribution in [0.1, 0.15) is 25.5 Å². The van der Waals surface area contributed by atoms with Crippen LogP contribution in [-0.4, -0.2) is 33.7 Å². The number of nitro groups is 1. The van der Waals surface area contributed by atoms with Crippen LogP contribution in [0.15, 0.2) is 12.1 Å². The van der Waals surface area contributed by atoms with Gasteiger partial charge in [0.2, 0.25) is 0 Å². The van der Waals surface area contributed by atoms with Crippen molar-refractivity contribution >= 4 is 11.5 Å². The van der Waals surface area contributed by atoms with E-state index < -0.39 is 10.5 Å². The van der Waals surface area contributed by atoms with Gasteiger partial charge in [0.05, 0.1) is 10.5 Å². The Morgan fingerprint density at radius 1 is 1.56 bits per heavy atom. The Bertz CT molecular complexity index is 474. The van der Waals surface area contributed by atoms with Crippen molar-refractivity contribution in [3.8, 4) is 0 Å². The Balaban J connectivity index is 2.24. The van der Waals surface area contributed by atoms with Crippen LogP contribution in [0.5, 0.6) is 0 Å². The maximum Gasteiger partial charge on any atom is 0.290 e. The number of piperidine rings is 1. The van der Waals surface area contributed by atoms with E-state index in [2.05, 4.69) is 4.98 Å². The average molecular weight is 251 g/mol. The van der Waals surface area contributed by atoms with Gasteiger partial charge in [-0.1, -0.05) is 0 Å². The molecule has 0 saturated carbocycles. The Morgan fingerprint density at radius 2 is 2.28 bits per heavy atom. The van der Waals surface area contributed by atoms with Crippen LogP contribution in [-0.2, 0) is 0 Å². The van der Waals surface area contributed by atoms with Crippen LogP contribution in [0.25, 0.3) is 0 Å². The molecule has 1 unspecified atom stereocenters. The zero-order valence-electron chi connectivity index (χ0n) is 10.6. The van der Waals surface area contributed by atoms with Crippen molar-refractivity contribution in [2.45, 2.75) is 32.3 Å². The number of aliphatic hydroxyl groups is 1. The zero-order valence-corrected chi connectivity index (χ0v) is 10.6. The van der Waals surface area contributed by atoms with Gasteiger partial charge in [0.1, 0.15) is 11.5 Å². The molecule has 0 bridgehead atoms. The van der Waals surface area contributed by atoms with Crippen molar-refractivity contribution in [3.63, 3.8) is 0 Å². The second kappa shape index (κ2) is 4.53. The quantitative estimate of drug-likeness (QED) is 0.638. The van der Waals surface area contributed by atoms with E-state index in [4.69, 9.17) is 0 Å². The Hall–Kier alpha value is -1.69. The molecule has 0 aliphatic carbocycles. The van der Waals surface area contributed by atoms with E-state index in [0.29, 0.717) is 18.1 Å². The van der Waals surface area contributed by atoms with E-state index in [0.717, 1.165) is 19.4 Å². The van der Waals surface area contributed by atoms with Gasteiger partial charge < -0.3 is 10.0 Å². The van der Waals surface area contributed by atoms with Crippen molar-refractivity contribution in [1.29, 1.82) is 0 Å². The fraction of sp³-hybridized carbons (Fsp3) is 0.583. The summed E-state index contributed by atoms with van der Waals surface area (Å²) in [6, 6.07) is 3.12. The predicted molar refractivity (Wildman–Crippen MR) is 67.7 cm³/mol. The fourth-order valence-corrected chi connectivity index (χ4v) is 2.33. The smallest absolute Gasteiger partial charge is 0.290 e. The van der Waals surface area contributed by atoms with E-state index in [1.165, 1.54) is 6.07 Å². The highest BCUT2D eigenvalue weighted by Crippen LogP contribution is 2.26. The minimum atomic E-state index is -0.713. The van der Waals surface area contributed by atoms with Crippen LogP contribution < -0.4 is 4.90 Å². The number of aryl methyl sites for hydroxylation is 1. The molecule has 0 spiro atoms. The first-order chi connectivity index (χ1) is 8.39. The zero-order chi connectivity index (χ0) is 13.3. The molecule has 6 nitrogen and oxygen atoms in total. The normalized spacial score (nSPS) is 24.1. The summed E-state index contributed by atoms with van der Waals surface area (Å²) in [4.78, 5) is 16.5. The van der Waals surface area contributed by atoms with Crippen molar-refractivity contribution in [1.82, 2.24) is 4.98 Å². The first kappa shape index (κ1) is 12.8. The summed E-state index contributed by atoms with van der Waals surface area (Å²) in [7, 11) is 0. The second-order valence-corrected chi connectivity index (χ2v) is 5.05. The van der Waals surface area contributed by atoms with Gasteiger partial charge in [-0.3, -0.25) is 10.1 Å². The van der Waals surface area contributed by atoms with Crippen LogP contribution in [0, 0.1) is 17.0 Å². The van der Waals surface area contributed by atoms with E-state index in [1.807, 2.05) is 4.90 Å². The van der Waals surface area contributed by atoms with Gasteiger partial charge in [-0.2, -0.15) is 0 Å². The minimum Gasteiger partial charge on any atom is -0.388 e. The summed E-state index contributed by atoms with van der Waals surface area (Å²) in [5, 5.41) is 20.8. The molecule has 0 amide bonds. The van der Waals surface area contributed by atoms with Gasteiger partial charge in [-0.25, -0.2) is 4.98 Å². The molecular formula is C12H17N3O3. The lowest BCUT2D eigenvalue weighted by Crippen LogP contribution is -2.46. The molecule has 18 heavy (non-hydrogen) atoms. The van der Waals surface area contributed by atoms with Crippen LogP contribution in [0.3, 0.4) is 0 Å². The van der Waals surface area contributed by atoms with Crippen LogP contribution >= 0.6 is 0 Å². The van der Waals surface area contributed by atoms with Crippen LogP contribution in [0.4, 0.5) is 11.5 Å². The molecule has 1 saturated heterocycles. The lowest BCUT2D eigenvalue weighted by molar-refractivity contribution is -0.385. The third-order valence-corrected chi connectivity index (χ3v) is 3.24. The van der Waals surface area contributed by atoms with E-state index >= 15 is 0 Å². The summed E-state index contributed by atoms with van der Waals surface area (Å²) < 4.78 is 0. The first-order valence-electron chi connectivity index (χ1n) is 5.98. The molecular weight excluding hydrogens is 234 g/mol. The summed E-state index contributed by atoms with van der Waals surface area (Å²) >= 11 is 0. The Morgan fingerprint density at radius 3 is 2.83 bits per heavy atom. The van der Waals surface area contributed by atoms with E-state index in [9.17, 15) is 15.2 Å². The molecule has 1 aliphatic heterocycles. The van der Waals surface area contributed by atoms with Gasteiger partial charge in [0, 0.05) is 19.2 Å². The minimum absolute atomic E-state index is 0.0301. The highest BCUT2D eigenvalue weighted by Gasteiger charge is 2.29. The highest BCUT2D eigenvalue weighted by molar-refractivity contribution is 5.47. The molecule has 1 fully saturated rings. The first-order valence-corrected chi connectivity index (χ1v) is 5.98. The molecule has 0 radical (unpaired) electrons. The number of hydrogen-bond donors (Lipinski definition) is 1. The maximum absolute atomic E-state index is 10.7. The summed E-state index contributed by atoms with van der Waals surface area (Å²) in [5.41, 5.74) is -0.277. The Kier molecular flexibility index (Phi) is 3.21. The standard InChI is InChI=1S/C12H17N3O3/c1-9-10(15(17)18)4-5-11(13-9)14-7-3-6-12(2,16)8-14/h4-5,16H,3,6-8H2,1-2H3. The van der Waals surface area contributed by atoms with Gasteiger partial charge in [0.25, 0.3) is 5.69 Å². The molecule has 98 valence electrons. The van der Waals surface area contributed by atoms with Crippen molar-refractivity contribution in [2.75, 3.05) is 18.0 Å². The van der Waals surface area contributed by atoms with Gasteiger partial charge in [-0.15, -0.1) is 0 Å². The molecule has 0 aromatic carbocycles. The topological polar surface area (TPSA) is 79.5 Å². The number of pyridine rings is 1. The number of β-amino-alcohol motifs (C(OH)–C–C–N with tert-alkyl or cyclic N) is 1. The summed E-state index contributed by atoms with van der Waals surface area (Å²) in [5.74, 6) is 0.693. The van der Waals surface area contributed by atoms with Gasteiger partial charge >= 0.3 is 0 Å². The molecule has 2 heterocycles. The number of hydrogen-bond acceptors (Lipinski definition) is 5. The summed E-state index contributed by atoms with van der Waals surface area (Å²) in [6.45, 7) is 4.76. The number of aromatic nitrogens is 1. The molecule has 1 aliphatic rings. The lowest BCUT2D eigenvalue weighted by Gasteiger charge is -2.37. The largest absolute Gasteiger partial charge is 0.388 e. The number of nitrogens with zero attached hydrogens (tertiary/aromatic N) is 3. The molecule has 1 aromatic heterocycles. The third-order valence-electron chi connectivity index (χ3n) is 3.24. The molecule has 2 rings (SSSR count). The molecule has 1 atom stereocenters. The summed E-state index contributed by atoms with van der Waals surface area (Å²) in [6.07, 6.45) is 1.67. The Labute approximate surface area is 105 Å². The van der Waals surface area contributed by atoms with Crippen molar-refractivity contribution in [2.24, 2.45) is 0 Å². The SMILES string of the molecule is Cc1nc(N2CCCC(C)(O)C2)ccc1[N+](=O)[O-]. The lowest BCUT2D eigenvalue weighted by atomic mass is 9.95. The van der Waals surface area contributed by atoms with Gasteiger partial charge in [0.15, 0.2) is 0 Å². The number of anilines is 1. The second-order valence-electron chi connectivity index (χ2n) is 5.05. The van der Waals surface area contributed by atoms with Crippen molar-refractivity contribution in [3.05, 3.63) is 27.9 Å². The van der Waals surface area contributed by atoms with Crippen molar-refractivity contribution < 1.29 is 10.0 Å². The fourth-order valence-electron chi connectivity index (χ4n) is 2.33. The molecule has 1 N–H and O–H groups in total. The van der Waals surface area contributed by atoms with E-state index in [-0.39, 0.29) is 5.69 Å². The van der Waals surface area contributed by atoms with Crippen LogP contribution in [0.2, 0.25) is 0 Å². The third kappa shape index (κ3) is 2.59. The van der Waals surface area contributed by atoms with Gasteiger partial charge in [-0.05, 0) is 32.8 Å². The monoisotopic (exact) mass is 251 g/mol.